The SMILES string of the molecule is Cc1cccc(CN2C(=O)CC[C@@H]3[C@H]2CCN3C(=O)C2CC2)n1.O=C(O)C(F)(F)F. The van der Waals surface area contributed by atoms with Gasteiger partial charge in [0, 0.05) is 24.6 Å². The van der Waals surface area contributed by atoms with Crippen LogP contribution < -0.4 is 0 Å². The van der Waals surface area contributed by atoms with Crippen LogP contribution in [0.4, 0.5) is 13.2 Å². The minimum atomic E-state index is -5.08. The van der Waals surface area contributed by atoms with Gasteiger partial charge in [-0.05, 0) is 44.7 Å². The highest BCUT2D eigenvalue weighted by molar-refractivity contribution is 5.83. The highest BCUT2D eigenvalue weighted by Crippen LogP contribution is 2.38. The number of hydrogen-bond acceptors (Lipinski definition) is 4. The molecule has 1 N–H and O–H groups in total. The number of carboxylic acids is 1. The summed E-state index contributed by atoms with van der Waals surface area (Å²) in [4.78, 5) is 42.4. The first-order valence-electron chi connectivity index (χ1n) is 9.90. The van der Waals surface area contributed by atoms with Crippen LogP contribution in [0.2, 0.25) is 0 Å². The van der Waals surface area contributed by atoms with E-state index in [9.17, 15) is 22.8 Å². The number of hydrogen-bond donors (Lipinski definition) is 1. The van der Waals surface area contributed by atoms with Crippen LogP contribution in [0.3, 0.4) is 0 Å². The lowest BCUT2D eigenvalue weighted by Gasteiger charge is -2.39. The normalized spacial score (nSPS) is 23.5. The predicted octanol–water partition coefficient (Wildman–Crippen LogP) is 2.53. The van der Waals surface area contributed by atoms with Gasteiger partial charge in [-0.25, -0.2) is 4.79 Å². The summed E-state index contributed by atoms with van der Waals surface area (Å²) < 4.78 is 31.7. The number of piperidine rings is 1. The summed E-state index contributed by atoms with van der Waals surface area (Å²) in [7, 11) is 0. The zero-order chi connectivity index (χ0) is 22.1. The Bertz CT molecular complexity index is 826. The topological polar surface area (TPSA) is 90.8 Å². The summed E-state index contributed by atoms with van der Waals surface area (Å²) >= 11 is 0. The fraction of sp³-hybridized carbons (Fsp3) is 0.600. The van der Waals surface area contributed by atoms with E-state index in [0.29, 0.717) is 18.9 Å². The summed E-state index contributed by atoms with van der Waals surface area (Å²) in [6.45, 7) is 3.33. The maximum atomic E-state index is 12.5. The van der Waals surface area contributed by atoms with Crippen LogP contribution in [0, 0.1) is 12.8 Å². The molecule has 2 aliphatic heterocycles. The van der Waals surface area contributed by atoms with Crippen molar-refractivity contribution in [2.45, 2.75) is 63.8 Å². The third-order valence-electron chi connectivity index (χ3n) is 5.62. The van der Waals surface area contributed by atoms with Gasteiger partial charge >= 0.3 is 12.1 Å². The van der Waals surface area contributed by atoms with Crippen LogP contribution in [0.5, 0.6) is 0 Å². The van der Waals surface area contributed by atoms with E-state index in [-0.39, 0.29) is 23.9 Å². The van der Waals surface area contributed by atoms with Gasteiger partial charge < -0.3 is 14.9 Å². The average Bonchev–Trinajstić information content (AvgIpc) is 3.42. The Morgan fingerprint density at radius 2 is 1.83 bits per heavy atom. The smallest absolute Gasteiger partial charge is 0.475 e. The quantitative estimate of drug-likeness (QED) is 0.801. The van der Waals surface area contributed by atoms with Crippen molar-refractivity contribution < 1.29 is 32.7 Å². The molecule has 0 bridgehead atoms. The number of carboxylic acid groups (broad SMARTS) is 1. The van der Waals surface area contributed by atoms with Crippen molar-refractivity contribution in [2.24, 2.45) is 5.92 Å². The third-order valence-corrected chi connectivity index (χ3v) is 5.62. The van der Waals surface area contributed by atoms with E-state index in [2.05, 4.69) is 9.88 Å². The van der Waals surface area contributed by atoms with Crippen LogP contribution in [-0.2, 0) is 20.9 Å². The fourth-order valence-electron chi connectivity index (χ4n) is 4.05. The van der Waals surface area contributed by atoms with Gasteiger partial charge in [0.1, 0.15) is 0 Å². The number of fused-ring (bicyclic) bond motifs is 1. The number of aliphatic carboxylic acids is 1. The van der Waals surface area contributed by atoms with Gasteiger partial charge in [-0.15, -0.1) is 0 Å². The number of amides is 2. The van der Waals surface area contributed by atoms with Crippen molar-refractivity contribution in [3.8, 4) is 0 Å². The molecule has 3 fully saturated rings. The Morgan fingerprint density at radius 1 is 1.17 bits per heavy atom. The molecule has 0 aromatic carbocycles. The van der Waals surface area contributed by atoms with E-state index < -0.39 is 12.1 Å². The Hall–Kier alpha value is -2.65. The Balaban J connectivity index is 0.000000318. The molecule has 1 aliphatic carbocycles. The van der Waals surface area contributed by atoms with Gasteiger partial charge in [-0.3, -0.25) is 14.6 Å². The molecule has 164 valence electrons. The largest absolute Gasteiger partial charge is 0.490 e. The molecular weight excluding hydrogens is 403 g/mol. The lowest BCUT2D eigenvalue weighted by Crippen LogP contribution is -2.53. The predicted molar refractivity (Wildman–Crippen MR) is 99.1 cm³/mol. The van der Waals surface area contributed by atoms with E-state index in [1.165, 1.54) is 0 Å². The molecule has 3 heterocycles. The van der Waals surface area contributed by atoms with Gasteiger partial charge in [-0.1, -0.05) is 6.07 Å². The maximum absolute atomic E-state index is 12.5. The lowest BCUT2D eigenvalue weighted by molar-refractivity contribution is -0.192. The van der Waals surface area contributed by atoms with Gasteiger partial charge in [0.2, 0.25) is 11.8 Å². The van der Waals surface area contributed by atoms with Crippen molar-refractivity contribution in [3.05, 3.63) is 29.6 Å². The second kappa shape index (κ2) is 8.61. The summed E-state index contributed by atoms with van der Waals surface area (Å²) in [6.07, 6.45) is -0.729. The van der Waals surface area contributed by atoms with Crippen molar-refractivity contribution in [1.29, 1.82) is 0 Å². The van der Waals surface area contributed by atoms with Gasteiger partial charge in [-0.2, -0.15) is 13.2 Å². The van der Waals surface area contributed by atoms with Crippen LogP contribution >= 0.6 is 0 Å². The van der Waals surface area contributed by atoms with Crippen molar-refractivity contribution in [2.75, 3.05) is 6.54 Å². The minimum absolute atomic E-state index is 0.168. The van der Waals surface area contributed by atoms with E-state index in [1.807, 2.05) is 30.0 Å². The molecule has 2 saturated heterocycles. The Labute approximate surface area is 171 Å². The molecule has 0 unspecified atom stereocenters. The first-order chi connectivity index (χ1) is 14.1. The number of alkyl halides is 3. The first kappa shape index (κ1) is 22.0. The molecule has 1 aromatic heterocycles. The van der Waals surface area contributed by atoms with Gasteiger partial charge in [0.05, 0.1) is 24.3 Å². The molecule has 10 heteroatoms. The van der Waals surface area contributed by atoms with E-state index >= 15 is 0 Å². The molecule has 30 heavy (non-hydrogen) atoms. The molecule has 1 saturated carbocycles. The van der Waals surface area contributed by atoms with Gasteiger partial charge in [0.15, 0.2) is 0 Å². The van der Waals surface area contributed by atoms with E-state index in [4.69, 9.17) is 9.90 Å². The number of pyridine rings is 1. The summed E-state index contributed by atoms with van der Waals surface area (Å²) in [6, 6.07) is 6.31. The zero-order valence-corrected chi connectivity index (χ0v) is 16.6. The van der Waals surface area contributed by atoms with E-state index in [1.54, 1.807) is 0 Å². The first-order valence-corrected chi connectivity index (χ1v) is 9.90. The van der Waals surface area contributed by atoms with Crippen LogP contribution in [0.1, 0.15) is 43.5 Å². The average molecular weight is 427 g/mol. The Kier molecular flexibility index (Phi) is 6.33. The number of nitrogens with zero attached hydrogens (tertiary/aromatic N) is 3. The van der Waals surface area contributed by atoms with Crippen molar-refractivity contribution in [1.82, 2.24) is 14.8 Å². The number of carbonyl (C=O) groups is 3. The number of rotatable bonds is 3. The number of aromatic nitrogens is 1. The standard InChI is InChI=1S/C18H23N3O2.C2HF3O2/c1-12-3-2-4-14(19-12)11-21-16-9-10-20(18(23)13-5-6-13)15(16)7-8-17(21)22;3-2(4,5)1(6)7/h2-4,13,15-16H,5-11H2,1H3;(H,6,7)/t15-,16-;/m1./s1. The maximum Gasteiger partial charge on any atom is 0.490 e. The number of halogens is 3. The van der Waals surface area contributed by atoms with Crippen molar-refractivity contribution in [3.63, 3.8) is 0 Å². The number of carbonyl (C=O) groups excluding carboxylic acids is 2. The second-order valence-corrected chi connectivity index (χ2v) is 7.86. The molecule has 2 amide bonds. The number of aryl methyl sites for hydroxylation is 1. The fourth-order valence-corrected chi connectivity index (χ4v) is 4.05. The van der Waals surface area contributed by atoms with Crippen LogP contribution in [-0.4, -0.2) is 62.5 Å². The Morgan fingerprint density at radius 3 is 2.40 bits per heavy atom. The van der Waals surface area contributed by atoms with Crippen LogP contribution in [0.25, 0.3) is 0 Å². The monoisotopic (exact) mass is 427 g/mol. The molecule has 0 spiro atoms. The molecule has 3 aliphatic rings. The van der Waals surface area contributed by atoms with E-state index in [0.717, 1.165) is 43.6 Å². The van der Waals surface area contributed by atoms with Crippen molar-refractivity contribution >= 4 is 17.8 Å². The molecule has 2 atom stereocenters. The zero-order valence-electron chi connectivity index (χ0n) is 16.6. The number of likely N-dealkylation sites (tertiary alicyclic amines) is 2. The third kappa shape index (κ3) is 5.09. The molecular formula is C20H24F3N3O4. The molecule has 7 nitrogen and oxygen atoms in total. The second-order valence-electron chi connectivity index (χ2n) is 7.86. The highest BCUT2D eigenvalue weighted by Gasteiger charge is 2.47. The summed E-state index contributed by atoms with van der Waals surface area (Å²) in [5, 5.41) is 7.12. The summed E-state index contributed by atoms with van der Waals surface area (Å²) in [5.74, 6) is -1.97. The molecule has 4 rings (SSSR count). The minimum Gasteiger partial charge on any atom is -0.475 e. The highest BCUT2D eigenvalue weighted by atomic mass is 19.4. The molecule has 1 aromatic rings. The van der Waals surface area contributed by atoms with Gasteiger partial charge in [0.25, 0.3) is 0 Å². The lowest BCUT2D eigenvalue weighted by atomic mass is 9.95. The summed E-state index contributed by atoms with van der Waals surface area (Å²) in [5.41, 5.74) is 1.91. The molecule has 0 radical (unpaired) electrons. The van der Waals surface area contributed by atoms with Crippen LogP contribution in [0.15, 0.2) is 18.2 Å².